The molecule has 0 bridgehead atoms. The molecule has 0 saturated carbocycles. The van der Waals surface area contributed by atoms with Gasteiger partial charge < -0.3 is 10.3 Å². The molecule has 2 N–H and O–H groups in total. The van der Waals surface area contributed by atoms with Gasteiger partial charge in [0.2, 0.25) is 0 Å². The molecule has 0 fully saturated rings. The number of amides is 1. The number of nitrogens with one attached hydrogen (secondary N) is 2. The molecule has 1 amide bonds. The van der Waals surface area contributed by atoms with Crippen molar-refractivity contribution in [2.24, 2.45) is 0 Å². The zero-order valence-corrected chi connectivity index (χ0v) is 12.5. The first-order valence-electron chi connectivity index (χ1n) is 6.28. The molecule has 2 aromatic carbocycles. The topological polar surface area (TPSA) is 44.9 Å². The number of aryl methyl sites for hydroxylation is 1. The number of H-pyrrole nitrogens is 1. The molecule has 3 rings (SSSR count). The van der Waals surface area contributed by atoms with Crippen molar-refractivity contribution in [3.05, 3.63) is 64.3 Å². The highest BCUT2D eigenvalue weighted by atomic mass is 79.9. The highest BCUT2D eigenvalue weighted by Gasteiger charge is 2.08. The van der Waals surface area contributed by atoms with E-state index >= 15 is 0 Å². The molecule has 1 heterocycles. The number of aromatic nitrogens is 1. The maximum Gasteiger partial charge on any atom is 0.255 e. The summed E-state index contributed by atoms with van der Waals surface area (Å²) in [5.74, 6) is -0.111. The number of anilines is 1. The van der Waals surface area contributed by atoms with Crippen molar-refractivity contribution in [2.75, 3.05) is 5.32 Å². The van der Waals surface area contributed by atoms with Crippen LogP contribution in [0.1, 0.15) is 15.9 Å². The van der Waals surface area contributed by atoms with Crippen LogP contribution in [0, 0.1) is 6.92 Å². The van der Waals surface area contributed by atoms with Crippen molar-refractivity contribution in [3.63, 3.8) is 0 Å². The molecule has 3 nitrogen and oxygen atoms in total. The lowest BCUT2D eigenvalue weighted by Gasteiger charge is -2.07. The summed E-state index contributed by atoms with van der Waals surface area (Å²) in [5, 5.41) is 3.99. The van der Waals surface area contributed by atoms with Crippen molar-refractivity contribution in [1.82, 2.24) is 4.98 Å². The predicted octanol–water partition coefficient (Wildman–Crippen LogP) is 4.49. The van der Waals surface area contributed by atoms with Gasteiger partial charge in [0, 0.05) is 32.8 Å². The van der Waals surface area contributed by atoms with Gasteiger partial charge >= 0.3 is 0 Å². The van der Waals surface area contributed by atoms with Crippen LogP contribution >= 0.6 is 15.9 Å². The van der Waals surface area contributed by atoms with Gasteiger partial charge in [-0.2, -0.15) is 0 Å². The molecule has 0 atom stereocenters. The summed E-state index contributed by atoms with van der Waals surface area (Å²) in [5.41, 5.74) is 3.59. The van der Waals surface area contributed by atoms with Gasteiger partial charge in [-0.15, -0.1) is 0 Å². The largest absolute Gasteiger partial charge is 0.361 e. The molecule has 0 spiro atoms. The number of fused-ring (bicyclic) bond motifs is 1. The van der Waals surface area contributed by atoms with E-state index in [4.69, 9.17) is 0 Å². The fourth-order valence-electron chi connectivity index (χ4n) is 2.07. The first kappa shape index (κ1) is 12.9. The SMILES string of the molecule is Cc1ccc(C(=O)Nc2ccc3[nH]ccc3c2)cc1Br. The van der Waals surface area contributed by atoms with Crippen LogP contribution in [0.2, 0.25) is 0 Å². The minimum Gasteiger partial charge on any atom is -0.361 e. The van der Waals surface area contributed by atoms with E-state index in [2.05, 4.69) is 26.2 Å². The molecule has 0 saturated heterocycles. The van der Waals surface area contributed by atoms with Gasteiger partial charge in [-0.05, 0) is 48.9 Å². The van der Waals surface area contributed by atoms with Gasteiger partial charge in [0.25, 0.3) is 5.91 Å². The summed E-state index contributed by atoms with van der Waals surface area (Å²) in [6, 6.07) is 13.4. The Hall–Kier alpha value is -2.07. The van der Waals surface area contributed by atoms with Crippen LogP contribution in [-0.4, -0.2) is 10.9 Å². The first-order valence-corrected chi connectivity index (χ1v) is 7.07. The number of hydrogen-bond donors (Lipinski definition) is 2. The molecule has 0 aliphatic rings. The lowest BCUT2D eigenvalue weighted by Crippen LogP contribution is -2.11. The van der Waals surface area contributed by atoms with Crippen LogP contribution in [0.3, 0.4) is 0 Å². The maximum atomic E-state index is 12.2. The molecule has 0 aliphatic carbocycles. The molecule has 1 aromatic heterocycles. The first-order chi connectivity index (χ1) is 9.63. The van der Waals surface area contributed by atoms with Crippen LogP contribution in [0.15, 0.2) is 53.1 Å². The van der Waals surface area contributed by atoms with E-state index in [0.717, 1.165) is 26.6 Å². The van der Waals surface area contributed by atoms with Gasteiger partial charge in [0.1, 0.15) is 0 Å². The van der Waals surface area contributed by atoms with Crippen molar-refractivity contribution in [3.8, 4) is 0 Å². The molecule has 3 aromatic rings. The van der Waals surface area contributed by atoms with Crippen molar-refractivity contribution < 1.29 is 4.79 Å². The smallest absolute Gasteiger partial charge is 0.255 e. The van der Waals surface area contributed by atoms with E-state index in [9.17, 15) is 4.79 Å². The monoisotopic (exact) mass is 328 g/mol. The normalized spacial score (nSPS) is 10.7. The minimum atomic E-state index is -0.111. The lowest BCUT2D eigenvalue weighted by molar-refractivity contribution is 0.102. The third-order valence-electron chi connectivity index (χ3n) is 3.25. The number of carbonyl (C=O) groups excluding carboxylic acids is 1. The highest BCUT2D eigenvalue weighted by Crippen LogP contribution is 2.20. The fraction of sp³-hybridized carbons (Fsp3) is 0.0625. The molecular formula is C16H13BrN2O. The van der Waals surface area contributed by atoms with E-state index in [1.807, 2.05) is 55.6 Å². The number of halogens is 1. The maximum absolute atomic E-state index is 12.2. The number of aromatic amines is 1. The second-order valence-corrected chi connectivity index (χ2v) is 5.55. The average molecular weight is 329 g/mol. The zero-order valence-electron chi connectivity index (χ0n) is 10.9. The van der Waals surface area contributed by atoms with E-state index in [0.29, 0.717) is 5.56 Å². The summed E-state index contributed by atoms with van der Waals surface area (Å²) < 4.78 is 0.936. The molecule has 100 valence electrons. The minimum absolute atomic E-state index is 0.111. The van der Waals surface area contributed by atoms with E-state index in [1.54, 1.807) is 0 Å². The van der Waals surface area contributed by atoms with Crippen LogP contribution in [0.25, 0.3) is 10.9 Å². The third-order valence-corrected chi connectivity index (χ3v) is 4.10. The summed E-state index contributed by atoms with van der Waals surface area (Å²) in [6.07, 6.45) is 1.88. The third kappa shape index (κ3) is 2.47. The van der Waals surface area contributed by atoms with E-state index in [-0.39, 0.29) is 5.91 Å². The Kier molecular flexibility index (Phi) is 3.32. The Morgan fingerprint density at radius 2 is 2.00 bits per heavy atom. The summed E-state index contributed by atoms with van der Waals surface area (Å²) in [7, 11) is 0. The molecular weight excluding hydrogens is 316 g/mol. The van der Waals surface area contributed by atoms with Crippen LogP contribution in [-0.2, 0) is 0 Å². The highest BCUT2D eigenvalue weighted by molar-refractivity contribution is 9.10. The van der Waals surface area contributed by atoms with Gasteiger partial charge in [-0.25, -0.2) is 0 Å². The lowest BCUT2D eigenvalue weighted by atomic mass is 10.1. The Morgan fingerprint density at radius 1 is 1.15 bits per heavy atom. The Morgan fingerprint density at radius 3 is 2.80 bits per heavy atom. The Balaban J connectivity index is 1.85. The van der Waals surface area contributed by atoms with Gasteiger partial charge in [-0.3, -0.25) is 4.79 Å². The van der Waals surface area contributed by atoms with Crippen molar-refractivity contribution >= 4 is 38.4 Å². The standard InChI is InChI=1S/C16H13BrN2O/c1-10-2-3-12(9-14(10)17)16(20)19-13-4-5-15-11(8-13)6-7-18-15/h2-9,18H,1H3,(H,19,20). The Bertz CT molecular complexity index is 792. The summed E-state index contributed by atoms with van der Waals surface area (Å²) >= 11 is 3.44. The fourth-order valence-corrected chi connectivity index (χ4v) is 2.45. The van der Waals surface area contributed by atoms with Gasteiger partial charge in [0.05, 0.1) is 0 Å². The van der Waals surface area contributed by atoms with Crippen LogP contribution in [0.5, 0.6) is 0 Å². The van der Waals surface area contributed by atoms with Crippen LogP contribution in [0.4, 0.5) is 5.69 Å². The second-order valence-electron chi connectivity index (χ2n) is 4.70. The van der Waals surface area contributed by atoms with E-state index in [1.165, 1.54) is 0 Å². The Labute approximate surface area is 125 Å². The van der Waals surface area contributed by atoms with Gasteiger partial charge in [-0.1, -0.05) is 22.0 Å². The van der Waals surface area contributed by atoms with Crippen molar-refractivity contribution in [1.29, 1.82) is 0 Å². The predicted molar refractivity (Wildman–Crippen MR) is 85.1 cm³/mol. The second kappa shape index (κ2) is 5.13. The van der Waals surface area contributed by atoms with E-state index < -0.39 is 0 Å². The van der Waals surface area contributed by atoms with Crippen LogP contribution < -0.4 is 5.32 Å². The molecule has 4 heteroatoms. The number of benzene rings is 2. The number of rotatable bonds is 2. The molecule has 0 unspecified atom stereocenters. The average Bonchev–Trinajstić information content (AvgIpc) is 2.89. The molecule has 0 radical (unpaired) electrons. The molecule has 0 aliphatic heterocycles. The zero-order chi connectivity index (χ0) is 14.1. The van der Waals surface area contributed by atoms with Crippen molar-refractivity contribution in [2.45, 2.75) is 6.92 Å². The summed E-state index contributed by atoms with van der Waals surface area (Å²) in [4.78, 5) is 15.3. The quantitative estimate of drug-likeness (QED) is 0.715. The summed E-state index contributed by atoms with van der Waals surface area (Å²) in [6.45, 7) is 1.99. The molecule has 20 heavy (non-hydrogen) atoms. The number of hydrogen-bond acceptors (Lipinski definition) is 1. The van der Waals surface area contributed by atoms with Gasteiger partial charge in [0.15, 0.2) is 0 Å². The number of carbonyl (C=O) groups is 1.